The first-order chi connectivity index (χ1) is 6.76. The van der Waals surface area contributed by atoms with Crippen molar-refractivity contribution in [2.75, 3.05) is 0 Å². The maximum Gasteiger partial charge on any atom is 0.138 e. The largest absolute Gasteiger partial charge is 0.326 e. The Balaban J connectivity index is 2.66. The molecule has 0 saturated carbocycles. The number of imidazole rings is 1. The summed E-state index contributed by atoms with van der Waals surface area (Å²) in [5.74, 6) is 0. The fourth-order valence-electron chi connectivity index (χ4n) is 1.46. The van der Waals surface area contributed by atoms with Gasteiger partial charge in [-0.05, 0) is 24.1 Å². The van der Waals surface area contributed by atoms with Gasteiger partial charge in [-0.2, -0.15) is 0 Å². The van der Waals surface area contributed by atoms with Crippen LogP contribution >= 0.6 is 11.6 Å². The molecule has 0 amide bonds. The predicted molar refractivity (Wildman–Crippen MR) is 57.5 cm³/mol. The molecule has 0 atom stereocenters. The normalized spacial score (nSPS) is 11.1. The molecule has 2 aromatic heterocycles. The number of hydrogen-bond donors (Lipinski definition) is 1. The summed E-state index contributed by atoms with van der Waals surface area (Å²) < 4.78 is 1.87. The molecule has 74 valence electrons. The second-order valence-corrected chi connectivity index (χ2v) is 3.53. The second-order valence-electron chi connectivity index (χ2n) is 3.17. The molecule has 0 radical (unpaired) electrons. The smallest absolute Gasteiger partial charge is 0.138 e. The Bertz CT molecular complexity index is 462. The highest BCUT2D eigenvalue weighted by atomic mass is 35.5. The van der Waals surface area contributed by atoms with Gasteiger partial charge >= 0.3 is 0 Å². The van der Waals surface area contributed by atoms with Crippen LogP contribution in [-0.4, -0.2) is 9.38 Å². The molecule has 2 heterocycles. The van der Waals surface area contributed by atoms with E-state index >= 15 is 0 Å². The van der Waals surface area contributed by atoms with Gasteiger partial charge in [0.05, 0.1) is 5.69 Å². The summed E-state index contributed by atoms with van der Waals surface area (Å²) in [5, 5.41) is 0.700. The molecule has 4 heteroatoms. The van der Waals surface area contributed by atoms with E-state index in [1.54, 1.807) is 0 Å². The fourth-order valence-corrected chi connectivity index (χ4v) is 1.78. The van der Waals surface area contributed by atoms with E-state index in [0.717, 1.165) is 23.3 Å². The van der Waals surface area contributed by atoms with Crippen LogP contribution in [0, 0.1) is 0 Å². The van der Waals surface area contributed by atoms with Gasteiger partial charge in [0.15, 0.2) is 0 Å². The van der Waals surface area contributed by atoms with Gasteiger partial charge in [0.2, 0.25) is 0 Å². The van der Waals surface area contributed by atoms with Crippen LogP contribution < -0.4 is 5.73 Å². The molecule has 0 aliphatic rings. The average molecular weight is 210 g/mol. The van der Waals surface area contributed by atoms with Crippen LogP contribution in [0.15, 0.2) is 18.3 Å². The van der Waals surface area contributed by atoms with Crippen LogP contribution in [-0.2, 0) is 13.0 Å². The quantitative estimate of drug-likeness (QED) is 0.823. The van der Waals surface area contributed by atoms with E-state index in [2.05, 4.69) is 4.98 Å². The van der Waals surface area contributed by atoms with E-state index in [1.165, 1.54) is 0 Å². The molecule has 3 nitrogen and oxygen atoms in total. The standard InChI is InChI=1S/C10H12ClN3/c1-2-8-10(11)14-4-3-7(6-12)5-9(14)13-8/h3-5H,2,6,12H2,1H3. The lowest BCUT2D eigenvalue weighted by molar-refractivity contribution is 1.05. The van der Waals surface area contributed by atoms with Crippen LogP contribution in [0.1, 0.15) is 18.2 Å². The van der Waals surface area contributed by atoms with Gasteiger partial charge in [0.1, 0.15) is 10.8 Å². The summed E-state index contributed by atoms with van der Waals surface area (Å²) in [4.78, 5) is 4.41. The van der Waals surface area contributed by atoms with E-state index in [0.29, 0.717) is 11.7 Å². The molecular formula is C10H12ClN3. The monoisotopic (exact) mass is 209 g/mol. The highest BCUT2D eigenvalue weighted by molar-refractivity contribution is 6.30. The Hall–Kier alpha value is -1.06. The minimum absolute atomic E-state index is 0.530. The van der Waals surface area contributed by atoms with Crippen molar-refractivity contribution in [2.45, 2.75) is 19.9 Å². The van der Waals surface area contributed by atoms with Gasteiger partial charge in [-0.3, -0.25) is 4.40 Å². The van der Waals surface area contributed by atoms with Crippen molar-refractivity contribution in [2.24, 2.45) is 5.73 Å². The lowest BCUT2D eigenvalue weighted by Gasteiger charge is -1.97. The molecule has 0 fully saturated rings. The van der Waals surface area contributed by atoms with Crippen molar-refractivity contribution in [1.29, 1.82) is 0 Å². The van der Waals surface area contributed by atoms with Crippen molar-refractivity contribution >= 4 is 17.2 Å². The maximum atomic E-state index is 6.12. The lowest BCUT2D eigenvalue weighted by Crippen LogP contribution is -1.97. The number of aryl methyl sites for hydroxylation is 1. The molecule has 0 aliphatic carbocycles. The Kier molecular flexibility index (Phi) is 2.44. The Morgan fingerprint density at radius 3 is 3.00 bits per heavy atom. The van der Waals surface area contributed by atoms with Crippen LogP contribution in [0.3, 0.4) is 0 Å². The zero-order valence-electron chi connectivity index (χ0n) is 8.00. The Labute approximate surface area is 87.5 Å². The summed E-state index contributed by atoms with van der Waals surface area (Å²) in [7, 11) is 0. The number of halogens is 1. The van der Waals surface area contributed by atoms with Gasteiger partial charge < -0.3 is 5.73 Å². The first-order valence-electron chi connectivity index (χ1n) is 4.61. The maximum absolute atomic E-state index is 6.12. The number of fused-ring (bicyclic) bond motifs is 1. The van der Waals surface area contributed by atoms with E-state index in [1.807, 2.05) is 29.7 Å². The fraction of sp³-hybridized carbons (Fsp3) is 0.300. The number of nitrogens with two attached hydrogens (primary N) is 1. The third kappa shape index (κ3) is 1.38. The minimum atomic E-state index is 0.530. The lowest BCUT2D eigenvalue weighted by atomic mass is 10.3. The van der Waals surface area contributed by atoms with E-state index in [9.17, 15) is 0 Å². The molecule has 2 rings (SSSR count). The van der Waals surface area contributed by atoms with Crippen molar-refractivity contribution in [1.82, 2.24) is 9.38 Å². The van der Waals surface area contributed by atoms with Gasteiger partial charge in [0, 0.05) is 12.7 Å². The number of aromatic nitrogens is 2. The molecule has 0 spiro atoms. The third-order valence-electron chi connectivity index (χ3n) is 2.27. The molecule has 2 N–H and O–H groups in total. The first kappa shape index (κ1) is 9.49. The minimum Gasteiger partial charge on any atom is -0.326 e. The summed E-state index contributed by atoms with van der Waals surface area (Å²) in [6.45, 7) is 2.57. The van der Waals surface area contributed by atoms with Crippen molar-refractivity contribution in [3.63, 3.8) is 0 Å². The van der Waals surface area contributed by atoms with E-state index < -0.39 is 0 Å². The van der Waals surface area contributed by atoms with Crippen molar-refractivity contribution in [3.05, 3.63) is 34.7 Å². The number of pyridine rings is 1. The van der Waals surface area contributed by atoms with E-state index in [4.69, 9.17) is 17.3 Å². The molecule has 0 unspecified atom stereocenters. The van der Waals surface area contributed by atoms with Crippen LogP contribution in [0.4, 0.5) is 0 Å². The molecule has 14 heavy (non-hydrogen) atoms. The predicted octanol–water partition coefficient (Wildman–Crippen LogP) is 2.01. The highest BCUT2D eigenvalue weighted by Crippen LogP contribution is 2.19. The summed E-state index contributed by atoms with van der Waals surface area (Å²) in [6, 6.07) is 3.92. The first-order valence-corrected chi connectivity index (χ1v) is 4.99. The topological polar surface area (TPSA) is 43.3 Å². The van der Waals surface area contributed by atoms with Gasteiger partial charge in [-0.15, -0.1) is 0 Å². The summed E-state index contributed by atoms with van der Waals surface area (Å²) in [6.07, 6.45) is 2.75. The molecule has 0 bridgehead atoms. The summed E-state index contributed by atoms with van der Waals surface area (Å²) >= 11 is 6.12. The molecule has 0 aromatic carbocycles. The van der Waals surface area contributed by atoms with Crippen LogP contribution in [0.2, 0.25) is 5.15 Å². The SMILES string of the molecule is CCc1nc2cc(CN)ccn2c1Cl. The number of hydrogen-bond acceptors (Lipinski definition) is 2. The summed E-state index contributed by atoms with van der Waals surface area (Å²) in [5.41, 5.74) is 8.42. The zero-order chi connectivity index (χ0) is 10.1. The average Bonchev–Trinajstić information content (AvgIpc) is 2.55. The second kappa shape index (κ2) is 3.59. The van der Waals surface area contributed by atoms with E-state index in [-0.39, 0.29) is 0 Å². The van der Waals surface area contributed by atoms with Gasteiger partial charge in [-0.1, -0.05) is 18.5 Å². The Morgan fingerprint density at radius 2 is 2.36 bits per heavy atom. The van der Waals surface area contributed by atoms with Gasteiger partial charge in [-0.25, -0.2) is 4.98 Å². The van der Waals surface area contributed by atoms with Gasteiger partial charge in [0.25, 0.3) is 0 Å². The Morgan fingerprint density at radius 1 is 1.57 bits per heavy atom. The number of rotatable bonds is 2. The number of nitrogens with zero attached hydrogens (tertiary/aromatic N) is 2. The van der Waals surface area contributed by atoms with Crippen molar-refractivity contribution < 1.29 is 0 Å². The third-order valence-corrected chi connectivity index (χ3v) is 2.67. The molecule has 2 aromatic rings. The molecule has 0 saturated heterocycles. The highest BCUT2D eigenvalue weighted by Gasteiger charge is 2.07. The van der Waals surface area contributed by atoms with Crippen LogP contribution in [0.5, 0.6) is 0 Å². The molecule has 0 aliphatic heterocycles. The van der Waals surface area contributed by atoms with Crippen molar-refractivity contribution in [3.8, 4) is 0 Å². The molecular weight excluding hydrogens is 198 g/mol. The zero-order valence-corrected chi connectivity index (χ0v) is 8.75. The van der Waals surface area contributed by atoms with Crippen LogP contribution in [0.25, 0.3) is 5.65 Å².